The lowest BCUT2D eigenvalue weighted by molar-refractivity contribution is -0.147. The van der Waals surface area contributed by atoms with E-state index in [0.717, 1.165) is 0 Å². The predicted octanol–water partition coefficient (Wildman–Crippen LogP) is 1.60. The maximum absolute atomic E-state index is 11.9. The van der Waals surface area contributed by atoms with Crippen LogP contribution in [0.3, 0.4) is 0 Å². The third-order valence-electron chi connectivity index (χ3n) is 0.991. The molecule has 0 bridgehead atoms. The van der Waals surface area contributed by atoms with E-state index in [4.69, 9.17) is 0 Å². The Labute approximate surface area is 68.4 Å². The average Bonchev–Trinajstić information content (AvgIpc) is 2.08. The fourth-order valence-corrected chi connectivity index (χ4v) is 1.01. The average molecular weight is 230 g/mol. The zero-order valence-corrected chi connectivity index (χ0v) is 6.94. The van der Waals surface area contributed by atoms with Gasteiger partial charge in [-0.25, -0.2) is 4.68 Å². The zero-order valence-electron chi connectivity index (χ0n) is 5.35. The van der Waals surface area contributed by atoms with Gasteiger partial charge in [0.2, 0.25) is 10.6 Å². The van der Waals surface area contributed by atoms with Gasteiger partial charge in [0.1, 0.15) is 0 Å². The molecule has 0 aliphatic heterocycles. The molecule has 0 amide bonds. The maximum Gasteiger partial charge on any atom is 0.451 e. The van der Waals surface area contributed by atoms with Crippen molar-refractivity contribution in [1.29, 1.82) is 0 Å². The van der Waals surface area contributed by atoms with Gasteiger partial charge < -0.3 is 0 Å². The molecule has 62 valence electrons. The third-order valence-corrected chi connectivity index (χ3v) is 1.33. The van der Waals surface area contributed by atoms with Crippen molar-refractivity contribution in [3.63, 3.8) is 0 Å². The number of aryl methyl sites for hydroxylation is 1. The van der Waals surface area contributed by atoms with Gasteiger partial charge in [-0.2, -0.15) is 18.2 Å². The first-order valence-electron chi connectivity index (χ1n) is 2.55. The van der Waals surface area contributed by atoms with E-state index in [2.05, 4.69) is 26.0 Å². The Morgan fingerprint density at radius 2 is 2.00 bits per heavy atom. The second-order valence-electron chi connectivity index (χ2n) is 1.83. The van der Waals surface area contributed by atoms with Crippen LogP contribution in [0, 0.1) is 0 Å². The maximum atomic E-state index is 11.9. The van der Waals surface area contributed by atoms with Crippen molar-refractivity contribution < 1.29 is 13.2 Å². The molecule has 0 spiro atoms. The number of aromatic nitrogens is 3. The Balaban J connectivity index is 3.13. The van der Waals surface area contributed by atoms with Crippen molar-refractivity contribution in [2.75, 3.05) is 0 Å². The topological polar surface area (TPSA) is 30.7 Å². The van der Waals surface area contributed by atoms with E-state index >= 15 is 0 Å². The Kier molecular flexibility index (Phi) is 1.91. The molecule has 0 unspecified atom stereocenters. The summed E-state index contributed by atoms with van der Waals surface area (Å²) in [4.78, 5) is 3.12. The largest absolute Gasteiger partial charge is 0.451 e. The molecule has 0 radical (unpaired) electrons. The SMILES string of the molecule is Cn1nc(Br)nc1C(F)(F)F. The van der Waals surface area contributed by atoms with Crippen LogP contribution in [0.4, 0.5) is 13.2 Å². The molecule has 0 N–H and O–H groups in total. The highest BCUT2D eigenvalue weighted by Gasteiger charge is 2.36. The molecule has 7 heteroatoms. The van der Waals surface area contributed by atoms with Gasteiger partial charge in [-0.05, 0) is 15.9 Å². The molecule has 1 rings (SSSR count). The summed E-state index contributed by atoms with van der Waals surface area (Å²) >= 11 is 2.73. The van der Waals surface area contributed by atoms with Crippen molar-refractivity contribution in [2.24, 2.45) is 7.05 Å². The molecule has 0 atom stereocenters. The number of alkyl halides is 3. The molecule has 0 aliphatic carbocycles. The van der Waals surface area contributed by atoms with Crippen molar-refractivity contribution in [1.82, 2.24) is 14.8 Å². The highest BCUT2D eigenvalue weighted by Crippen LogP contribution is 2.27. The molecule has 1 heterocycles. The smallest absolute Gasteiger partial charge is 0.244 e. The van der Waals surface area contributed by atoms with E-state index in [1.54, 1.807) is 0 Å². The number of rotatable bonds is 0. The highest BCUT2D eigenvalue weighted by molar-refractivity contribution is 9.10. The number of hydrogen-bond acceptors (Lipinski definition) is 2. The molecule has 3 nitrogen and oxygen atoms in total. The van der Waals surface area contributed by atoms with Crippen molar-refractivity contribution >= 4 is 15.9 Å². The summed E-state index contributed by atoms with van der Waals surface area (Å²) in [5.41, 5.74) is 0. The van der Waals surface area contributed by atoms with Gasteiger partial charge in [0.25, 0.3) is 0 Å². The van der Waals surface area contributed by atoms with E-state index in [9.17, 15) is 13.2 Å². The van der Waals surface area contributed by atoms with Gasteiger partial charge in [-0.3, -0.25) is 0 Å². The van der Waals surface area contributed by atoms with E-state index in [0.29, 0.717) is 4.68 Å². The van der Waals surface area contributed by atoms with Gasteiger partial charge in [-0.1, -0.05) is 0 Å². The zero-order chi connectivity index (χ0) is 8.65. The molecule has 0 aliphatic rings. The van der Waals surface area contributed by atoms with Crippen molar-refractivity contribution in [2.45, 2.75) is 6.18 Å². The standard InChI is InChI=1S/C4H3BrF3N3/c1-11-2(4(6,7)8)9-3(5)10-11/h1H3. The van der Waals surface area contributed by atoms with Crippen molar-refractivity contribution in [3.8, 4) is 0 Å². The quantitative estimate of drug-likeness (QED) is 0.677. The first-order valence-corrected chi connectivity index (χ1v) is 3.34. The highest BCUT2D eigenvalue weighted by atomic mass is 79.9. The fourth-order valence-electron chi connectivity index (χ4n) is 0.600. The Morgan fingerprint density at radius 1 is 1.45 bits per heavy atom. The third kappa shape index (κ3) is 1.70. The fraction of sp³-hybridized carbons (Fsp3) is 0.500. The summed E-state index contributed by atoms with van der Waals surface area (Å²) in [6, 6.07) is 0. The second-order valence-corrected chi connectivity index (χ2v) is 2.54. The summed E-state index contributed by atoms with van der Waals surface area (Å²) in [5, 5.41) is 3.38. The van der Waals surface area contributed by atoms with Gasteiger partial charge in [0, 0.05) is 7.05 Å². The Morgan fingerprint density at radius 3 is 2.18 bits per heavy atom. The van der Waals surface area contributed by atoms with Crippen LogP contribution in [0.2, 0.25) is 0 Å². The summed E-state index contributed by atoms with van der Waals surface area (Å²) in [7, 11) is 1.18. The molecular weight excluding hydrogens is 227 g/mol. The van der Waals surface area contributed by atoms with E-state index in [-0.39, 0.29) is 4.73 Å². The summed E-state index contributed by atoms with van der Waals surface area (Å²) in [6.45, 7) is 0. The predicted molar refractivity (Wildman–Crippen MR) is 33.7 cm³/mol. The first kappa shape index (κ1) is 8.51. The van der Waals surface area contributed by atoms with Crippen LogP contribution in [-0.2, 0) is 13.2 Å². The minimum absolute atomic E-state index is 0.0627. The lowest BCUT2D eigenvalue weighted by Gasteiger charge is -2.02. The van der Waals surface area contributed by atoms with Crippen LogP contribution in [0.25, 0.3) is 0 Å². The Hall–Kier alpha value is -0.590. The molecule has 0 saturated carbocycles. The van der Waals surface area contributed by atoms with Gasteiger partial charge in [0.05, 0.1) is 0 Å². The van der Waals surface area contributed by atoms with Crippen LogP contribution in [0.5, 0.6) is 0 Å². The van der Waals surface area contributed by atoms with Crippen LogP contribution >= 0.6 is 15.9 Å². The molecule has 1 aromatic heterocycles. The van der Waals surface area contributed by atoms with Gasteiger partial charge in [-0.15, -0.1) is 5.10 Å². The van der Waals surface area contributed by atoms with Crippen molar-refractivity contribution in [3.05, 3.63) is 10.6 Å². The number of hydrogen-bond donors (Lipinski definition) is 0. The first-order chi connectivity index (χ1) is 4.91. The summed E-state index contributed by atoms with van der Waals surface area (Å²) in [6.07, 6.45) is -4.44. The Bertz CT molecular complexity index is 266. The van der Waals surface area contributed by atoms with Gasteiger partial charge >= 0.3 is 6.18 Å². The molecular formula is C4H3BrF3N3. The van der Waals surface area contributed by atoms with E-state index < -0.39 is 12.0 Å². The molecule has 0 fully saturated rings. The second kappa shape index (κ2) is 2.47. The summed E-state index contributed by atoms with van der Waals surface area (Å²) < 4.78 is 36.4. The normalized spacial score (nSPS) is 12.1. The molecule has 11 heavy (non-hydrogen) atoms. The molecule has 1 aromatic rings. The number of halogens is 4. The summed E-state index contributed by atoms with van der Waals surface area (Å²) in [5.74, 6) is -1.01. The van der Waals surface area contributed by atoms with Crippen LogP contribution in [-0.4, -0.2) is 14.8 Å². The van der Waals surface area contributed by atoms with Crippen LogP contribution in [0.15, 0.2) is 4.73 Å². The molecule has 0 saturated heterocycles. The monoisotopic (exact) mass is 229 g/mol. The lowest BCUT2D eigenvalue weighted by atomic mass is 10.6. The minimum atomic E-state index is -4.44. The minimum Gasteiger partial charge on any atom is -0.244 e. The van der Waals surface area contributed by atoms with Crippen LogP contribution < -0.4 is 0 Å². The van der Waals surface area contributed by atoms with E-state index in [1.807, 2.05) is 0 Å². The lowest BCUT2D eigenvalue weighted by Crippen LogP contribution is -2.13. The number of nitrogens with zero attached hydrogens (tertiary/aromatic N) is 3. The van der Waals surface area contributed by atoms with E-state index in [1.165, 1.54) is 7.05 Å². The van der Waals surface area contributed by atoms with Gasteiger partial charge in [0.15, 0.2) is 0 Å². The van der Waals surface area contributed by atoms with Crippen LogP contribution in [0.1, 0.15) is 5.82 Å². The molecule has 0 aromatic carbocycles.